The van der Waals surface area contributed by atoms with Gasteiger partial charge in [0.2, 0.25) is 0 Å². The van der Waals surface area contributed by atoms with E-state index >= 15 is 0 Å². The molecule has 1 saturated heterocycles. The molecule has 122 valence electrons. The summed E-state index contributed by atoms with van der Waals surface area (Å²) in [6.45, 7) is 2.96. The monoisotopic (exact) mass is 351 g/mol. The predicted octanol–water partition coefficient (Wildman–Crippen LogP) is -2.06. The van der Waals surface area contributed by atoms with Crippen LogP contribution >= 0.6 is 15.2 Å². The van der Waals surface area contributed by atoms with Crippen molar-refractivity contribution >= 4 is 15.2 Å². The van der Waals surface area contributed by atoms with Crippen molar-refractivity contribution in [2.24, 2.45) is 5.92 Å². The molecule has 1 rings (SSSR count). The predicted molar refractivity (Wildman–Crippen MR) is 71.7 cm³/mol. The molecule has 0 aromatic carbocycles. The molecule has 0 bridgehead atoms. The van der Waals surface area contributed by atoms with Crippen LogP contribution in [0.5, 0.6) is 0 Å². The van der Waals surface area contributed by atoms with Crippen LogP contribution in [-0.2, 0) is 9.13 Å². The van der Waals surface area contributed by atoms with Gasteiger partial charge in [-0.2, -0.15) is 0 Å². The van der Waals surface area contributed by atoms with Crippen LogP contribution in [0, 0.1) is 5.92 Å². The molecule has 0 spiro atoms. The Balaban J connectivity index is 0.00000361. The Kier molecular flexibility index (Phi) is 6.94. The summed E-state index contributed by atoms with van der Waals surface area (Å²) in [5, 5.41) is -1.88. The highest BCUT2D eigenvalue weighted by atomic mass is 35.5. The maximum absolute atomic E-state index is 11.3. The molecule has 0 aromatic rings. The van der Waals surface area contributed by atoms with Crippen molar-refractivity contribution in [3.05, 3.63) is 0 Å². The first kappa shape index (κ1) is 20.6. The second kappa shape index (κ2) is 6.76. The van der Waals surface area contributed by atoms with Crippen LogP contribution in [0.4, 0.5) is 0 Å². The Labute approximate surface area is 125 Å². The van der Waals surface area contributed by atoms with Crippen LogP contribution in [0.15, 0.2) is 0 Å². The molecule has 2 unspecified atom stereocenters. The SMILES string of the molecule is CC1CCC(CC(P(=O)(O)O)P(=O)(O)O)[N+](C)(C)C1.[Cl-]. The number of halogens is 1. The maximum atomic E-state index is 11.3. The van der Waals surface area contributed by atoms with Crippen molar-refractivity contribution in [3.63, 3.8) is 0 Å². The zero-order valence-electron chi connectivity index (χ0n) is 11.9. The highest BCUT2D eigenvalue weighted by molar-refractivity contribution is 7.70. The van der Waals surface area contributed by atoms with Crippen molar-refractivity contribution in [3.8, 4) is 0 Å². The molecule has 0 saturated carbocycles. The van der Waals surface area contributed by atoms with E-state index in [1.165, 1.54) is 0 Å². The number of likely N-dealkylation sites (tertiary alicyclic amines) is 1. The second-order valence-corrected chi connectivity index (χ2v) is 10.2. The number of quaternary nitrogens is 1. The molecule has 1 aliphatic rings. The van der Waals surface area contributed by atoms with E-state index < -0.39 is 20.6 Å². The number of nitrogens with zero attached hydrogens (tertiary/aromatic N) is 1. The van der Waals surface area contributed by atoms with Gasteiger partial charge >= 0.3 is 15.2 Å². The van der Waals surface area contributed by atoms with Gasteiger partial charge in [-0.25, -0.2) is 0 Å². The summed E-state index contributed by atoms with van der Waals surface area (Å²) in [7, 11) is -5.74. The fourth-order valence-electron chi connectivity index (χ4n) is 2.99. The molecular formula is C10H24ClNO6P2. The van der Waals surface area contributed by atoms with E-state index in [9.17, 15) is 28.7 Å². The van der Waals surface area contributed by atoms with Crippen LogP contribution in [0.1, 0.15) is 26.2 Å². The third kappa shape index (κ3) is 5.39. The van der Waals surface area contributed by atoms with E-state index in [1.807, 2.05) is 14.1 Å². The highest BCUT2D eigenvalue weighted by Crippen LogP contribution is 2.62. The van der Waals surface area contributed by atoms with Crippen LogP contribution in [-0.4, -0.2) is 56.1 Å². The Bertz CT molecular complexity index is 398. The summed E-state index contributed by atoms with van der Waals surface area (Å²) in [6.07, 6.45) is 1.50. The van der Waals surface area contributed by atoms with E-state index in [4.69, 9.17) is 0 Å². The van der Waals surface area contributed by atoms with Gasteiger partial charge in [-0.15, -0.1) is 0 Å². The van der Waals surface area contributed by atoms with E-state index in [1.54, 1.807) is 0 Å². The number of hydrogen-bond donors (Lipinski definition) is 4. The molecule has 2 atom stereocenters. The largest absolute Gasteiger partial charge is 1.00 e. The second-order valence-electron chi connectivity index (χ2n) is 6.19. The van der Waals surface area contributed by atoms with Crippen molar-refractivity contribution in [2.45, 2.75) is 37.6 Å². The van der Waals surface area contributed by atoms with Gasteiger partial charge in [0.1, 0.15) is 0 Å². The standard InChI is InChI=1S/C10H23NO6P2.ClH/c1-8-4-5-9(11(2,3)7-8)6-10(18(12,13)14)19(15,16)17;/h8-10H,4-7H2,1-3H3,(H3-,12,13,14,15,16,17);1H. The van der Waals surface area contributed by atoms with Crippen molar-refractivity contribution in [1.29, 1.82) is 0 Å². The average molecular weight is 352 g/mol. The zero-order chi connectivity index (χ0) is 15.1. The van der Waals surface area contributed by atoms with Gasteiger partial charge in [0.25, 0.3) is 0 Å². The van der Waals surface area contributed by atoms with Crippen molar-refractivity contribution in [2.75, 3.05) is 20.6 Å². The van der Waals surface area contributed by atoms with Crippen molar-refractivity contribution < 1.29 is 45.6 Å². The first-order chi connectivity index (χ1) is 8.34. The summed E-state index contributed by atoms with van der Waals surface area (Å²) in [6, 6.07) is -0.138. The van der Waals surface area contributed by atoms with E-state index in [2.05, 4.69) is 6.92 Å². The lowest BCUT2D eigenvalue weighted by Gasteiger charge is -2.45. The Morgan fingerprint density at radius 2 is 1.55 bits per heavy atom. The molecule has 0 amide bonds. The van der Waals surface area contributed by atoms with Gasteiger partial charge in [-0.1, -0.05) is 6.92 Å². The molecule has 1 heterocycles. The van der Waals surface area contributed by atoms with Gasteiger partial charge in [-0.05, 0) is 12.8 Å². The van der Waals surface area contributed by atoms with Gasteiger partial charge in [-0.3, -0.25) is 9.13 Å². The Hall–Kier alpha value is 0.550. The molecule has 20 heavy (non-hydrogen) atoms. The minimum Gasteiger partial charge on any atom is -1.00 e. The molecule has 7 nitrogen and oxygen atoms in total. The highest BCUT2D eigenvalue weighted by Gasteiger charge is 2.48. The third-order valence-corrected chi connectivity index (χ3v) is 7.80. The van der Waals surface area contributed by atoms with E-state index in [0.717, 1.165) is 19.4 Å². The fourth-order valence-corrected chi connectivity index (χ4v) is 5.59. The molecule has 0 aromatic heterocycles. The number of hydrogen-bond acceptors (Lipinski definition) is 2. The van der Waals surface area contributed by atoms with E-state index in [-0.39, 0.29) is 24.9 Å². The zero-order valence-corrected chi connectivity index (χ0v) is 14.4. The molecule has 10 heteroatoms. The lowest BCUT2D eigenvalue weighted by Crippen LogP contribution is -3.00. The minimum absolute atomic E-state index is 0. The van der Waals surface area contributed by atoms with Crippen LogP contribution in [0.25, 0.3) is 0 Å². The van der Waals surface area contributed by atoms with E-state index in [0.29, 0.717) is 10.4 Å². The lowest BCUT2D eigenvalue weighted by atomic mass is 9.91. The fraction of sp³-hybridized carbons (Fsp3) is 1.00. The van der Waals surface area contributed by atoms with Gasteiger partial charge in [0, 0.05) is 12.3 Å². The summed E-state index contributed by atoms with van der Waals surface area (Å²) >= 11 is 0. The number of rotatable bonds is 4. The minimum atomic E-state index is -4.81. The first-order valence-electron chi connectivity index (χ1n) is 6.27. The molecule has 1 aliphatic heterocycles. The summed E-state index contributed by atoms with van der Waals surface area (Å²) in [4.78, 5) is 36.7. The quantitative estimate of drug-likeness (QED) is 0.342. The summed E-state index contributed by atoms with van der Waals surface area (Å²) < 4.78 is 23.2. The van der Waals surface area contributed by atoms with Crippen LogP contribution in [0.3, 0.4) is 0 Å². The molecule has 4 N–H and O–H groups in total. The molecule has 0 radical (unpaired) electrons. The van der Waals surface area contributed by atoms with Crippen LogP contribution < -0.4 is 12.4 Å². The van der Waals surface area contributed by atoms with Gasteiger partial charge in [0.15, 0.2) is 5.40 Å². The van der Waals surface area contributed by atoms with Gasteiger partial charge in [0.05, 0.1) is 26.7 Å². The van der Waals surface area contributed by atoms with Gasteiger partial charge < -0.3 is 36.5 Å². The smallest absolute Gasteiger partial charge is 0.340 e. The summed E-state index contributed by atoms with van der Waals surface area (Å²) in [5.41, 5.74) is 0. The Morgan fingerprint density at radius 1 is 1.10 bits per heavy atom. The molecule has 0 aliphatic carbocycles. The topological polar surface area (TPSA) is 115 Å². The maximum Gasteiger partial charge on any atom is 0.340 e. The average Bonchev–Trinajstić information content (AvgIpc) is 2.10. The first-order valence-corrected chi connectivity index (χ1v) is 9.63. The Morgan fingerprint density at radius 3 is 1.90 bits per heavy atom. The normalized spacial score (nSPS) is 27.2. The molecule has 1 fully saturated rings. The third-order valence-electron chi connectivity index (χ3n) is 4.02. The molecular weight excluding hydrogens is 328 g/mol. The lowest BCUT2D eigenvalue weighted by molar-refractivity contribution is -0.923. The summed E-state index contributed by atoms with van der Waals surface area (Å²) in [5.74, 6) is 0.509. The number of piperidine rings is 1. The van der Waals surface area contributed by atoms with Crippen LogP contribution in [0.2, 0.25) is 0 Å². The van der Waals surface area contributed by atoms with Crippen molar-refractivity contribution in [1.82, 2.24) is 0 Å².